The maximum absolute atomic E-state index is 12.0. The molecule has 0 saturated carbocycles. The Morgan fingerprint density at radius 2 is 1.95 bits per heavy atom. The molecule has 0 aliphatic rings. The highest BCUT2D eigenvalue weighted by atomic mass is 32.1. The Hall–Kier alpha value is -1.89. The summed E-state index contributed by atoms with van der Waals surface area (Å²) in [5.41, 5.74) is 1.38. The molecule has 0 fully saturated rings. The SMILES string of the molecule is O=C(Cc1csc(-c2ccccc2)n1)NCC(F)(F)F. The Bertz CT molecular complexity index is 581. The number of carbonyl (C=O) groups is 1. The summed E-state index contributed by atoms with van der Waals surface area (Å²) in [5, 5.41) is 4.24. The van der Waals surface area contributed by atoms with Crippen molar-refractivity contribution in [1.82, 2.24) is 10.3 Å². The molecule has 0 atom stereocenters. The summed E-state index contributed by atoms with van der Waals surface area (Å²) in [6, 6.07) is 9.38. The molecule has 0 radical (unpaired) electrons. The summed E-state index contributed by atoms with van der Waals surface area (Å²) >= 11 is 1.35. The van der Waals surface area contributed by atoms with E-state index in [0.29, 0.717) is 5.69 Å². The van der Waals surface area contributed by atoms with E-state index in [1.807, 2.05) is 35.6 Å². The van der Waals surface area contributed by atoms with Gasteiger partial charge < -0.3 is 5.32 Å². The molecule has 3 nitrogen and oxygen atoms in total. The quantitative estimate of drug-likeness (QED) is 0.943. The maximum atomic E-state index is 12.0. The van der Waals surface area contributed by atoms with Crippen molar-refractivity contribution in [2.45, 2.75) is 12.6 Å². The summed E-state index contributed by atoms with van der Waals surface area (Å²) < 4.78 is 35.9. The fourth-order valence-electron chi connectivity index (χ4n) is 1.53. The van der Waals surface area contributed by atoms with Gasteiger partial charge in [-0.2, -0.15) is 13.2 Å². The number of thiazole rings is 1. The average molecular weight is 300 g/mol. The highest BCUT2D eigenvalue weighted by Crippen LogP contribution is 2.23. The van der Waals surface area contributed by atoms with Gasteiger partial charge in [0.15, 0.2) is 0 Å². The van der Waals surface area contributed by atoms with Crippen LogP contribution in [0.5, 0.6) is 0 Å². The molecule has 0 bridgehead atoms. The summed E-state index contributed by atoms with van der Waals surface area (Å²) in [6.07, 6.45) is -4.55. The number of benzene rings is 1. The van der Waals surface area contributed by atoms with E-state index in [1.54, 1.807) is 5.38 Å². The predicted octanol–water partition coefficient (Wildman–Crippen LogP) is 3.03. The van der Waals surface area contributed by atoms with E-state index in [9.17, 15) is 18.0 Å². The van der Waals surface area contributed by atoms with E-state index in [1.165, 1.54) is 11.3 Å². The van der Waals surface area contributed by atoms with Crippen LogP contribution in [0.1, 0.15) is 5.69 Å². The first kappa shape index (κ1) is 14.5. The molecule has 1 N–H and O–H groups in total. The van der Waals surface area contributed by atoms with Gasteiger partial charge in [0.1, 0.15) is 11.6 Å². The number of hydrogen-bond acceptors (Lipinski definition) is 3. The van der Waals surface area contributed by atoms with E-state index in [4.69, 9.17) is 0 Å². The van der Waals surface area contributed by atoms with Crippen molar-refractivity contribution in [3.05, 3.63) is 41.4 Å². The first-order valence-corrected chi connectivity index (χ1v) is 6.65. The third-order valence-electron chi connectivity index (χ3n) is 2.40. The summed E-state index contributed by atoms with van der Waals surface area (Å²) in [6.45, 7) is -1.32. The molecule has 0 unspecified atom stereocenters. The normalized spacial score (nSPS) is 11.3. The van der Waals surface area contributed by atoms with Crippen molar-refractivity contribution in [2.24, 2.45) is 0 Å². The molecule has 1 aromatic carbocycles. The molecule has 0 aliphatic carbocycles. The molecule has 2 rings (SSSR count). The highest BCUT2D eigenvalue weighted by molar-refractivity contribution is 7.13. The predicted molar refractivity (Wildman–Crippen MR) is 70.3 cm³/mol. The van der Waals surface area contributed by atoms with Crippen LogP contribution in [0.15, 0.2) is 35.7 Å². The van der Waals surface area contributed by atoms with Gasteiger partial charge in [0, 0.05) is 10.9 Å². The van der Waals surface area contributed by atoms with Gasteiger partial charge in [0.05, 0.1) is 12.1 Å². The lowest BCUT2D eigenvalue weighted by Crippen LogP contribution is -2.34. The Balaban J connectivity index is 1.95. The van der Waals surface area contributed by atoms with Crippen molar-refractivity contribution < 1.29 is 18.0 Å². The number of amides is 1. The Morgan fingerprint density at radius 3 is 2.60 bits per heavy atom. The van der Waals surface area contributed by atoms with Crippen molar-refractivity contribution in [3.8, 4) is 10.6 Å². The van der Waals surface area contributed by atoms with Crippen LogP contribution in [0, 0.1) is 0 Å². The summed E-state index contributed by atoms with van der Waals surface area (Å²) in [7, 11) is 0. The highest BCUT2D eigenvalue weighted by Gasteiger charge is 2.27. The molecule has 0 saturated heterocycles. The van der Waals surface area contributed by atoms with Gasteiger partial charge in [0.2, 0.25) is 5.91 Å². The van der Waals surface area contributed by atoms with Gasteiger partial charge in [-0.15, -0.1) is 11.3 Å². The largest absolute Gasteiger partial charge is 0.405 e. The topological polar surface area (TPSA) is 42.0 Å². The lowest BCUT2D eigenvalue weighted by atomic mass is 10.2. The first-order valence-electron chi connectivity index (χ1n) is 5.77. The Labute approximate surface area is 117 Å². The molecule has 0 aliphatic heterocycles. The van der Waals surface area contributed by atoms with Gasteiger partial charge in [-0.05, 0) is 0 Å². The van der Waals surface area contributed by atoms with Gasteiger partial charge in [-0.25, -0.2) is 4.98 Å². The van der Waals surface area contributed by atoms with Crippen LogP contribution < -0.4 is 5.32 Å². The number of hydrogen-bond donors (Lipinski definition) is 1. The fraction of sp³-hybridized carbons (Fsp3) is 0.231. The smallest absolute Gasteiger partial charge is 0.347 e. The van der Waals surface area contributed by atoms with Crippen LogP contribution in [0.3, 0.4) is 0 Å². The van der Waals surface area contributed by atoms with Gasteiger partial charge >= 0.3 is 6.18 Å². The number of nitrogens with one attached hydrogen (secondary N) is 1. The molecule has 1 heterocycles. The van der Waals surface area contributed by atoms with E-state index in [-0.39, 0.29) is 6.42 Å². The third-order valence-corrected chi connectivity index (χ3v) is 3.34. The molecule has 0 spiro atoms. The second kappa shape index (κ2) is 6.04. The van der Waals surface area contributed by atoms with Gasteiger partial charge in [-0.1, -0.05) is 30.3 Å². The monoisotopic (exact) mass is 300 g/mol. The van der Waals surface area contributed by atoms with Crippen LogP contribution in [0.4, 0.5) is 13.2 Å². The average Bonchev–Trinajstić information content (AvgIpc) is 2.85. The zero-order valence-corrected chi connectivity index (χ0v) is 11.1. The Morgan fingerprint density at radius 1 is 1.25 bits per heavy atom. The number of aromatic nitrogens is 1. The van der Waals surface area contributed by atoms with Crippen LogP contribution in [-0.4, -0.2) is 23.6 Å². The number of alkyl halides is 3. The molecule has 20 heavy (non-hydrogen) atoms. The van der Waals surface area contributed by atoms with Crippen molar-refractivity contribution in [3.63, 3.8) is 0 Å². The standard InChI is InChI=1S/C13H11F3N2OS/c14-13(15,16)8-17-11(19)6-10-7-20-12(18-10)9-4-2-1-3-5-9/h1-5,7H,6,8H2,(H,17,19). The molecular weight excluding hydrogens is 289 g/mol. The van der Waals surface area contributed by atoms with Gasteiger partial charge in [0.25, 0.3) is 0 Å². The van der Waals surface area contributed by atoms with Crippen LogP contribution in [-0.2, 0) is 11.2 Å². The van der Waals surface area contributed by atoms with Gasteiger partial charge in [-0.3, -0.25) is 4.79 Å². The van der Waals surface area contributed by atoms with E-state index >= 15 is 0 Å². The second-order valence-corrected chi connectivity index (χ2v) is 4.94. The lowest BCUT2D eigenvalue weighted by molar-refractivity contribution is -0.138. The summed E-state index contributed by atoms with van der Waals surface area (Å²) in [5.74, 6) is -0.688. The molecule has 7 heteroatoms. The minimum atomic E-state index is -4.40. The number of rotatable bonds is 4. The van der Waals surface area contributed by atoms with E-state index < -0.39 is 18.6 Å². The molecular formula is C13H11F3N2OS. The minimum Gasteiger partial charge on any atom is -0.347 e. The van der Waals surface area contributed by atoms with Crippen molar-refractivity contribution in [1.29, 1.82) is 0 Å². The zero-order valence-electron chi connectivity index (χ0n) is 10.3. The lowest BCUT2D eigenvalue weighted by Gasteiger charge is -2.07. The number of carbonyl (C=O) groups excluding carboxylic acids is 1. The minimum absolute atomic E-state index is 0.153. The first-order chi connectivity index (χ1) is 9.44. The van der Waals surface area contributed by atoms with E-state index in [0.717, 1.165) is 10.6 Å². The fourth-order valence-corrected chi connectivity index (χ4v) is 2.35. The van der Waals surface area contributed by atoms with Crippen LogP contribution >= 0.6 is 11.3 Å². The van der Waals surface area contributed by atoms with E-state index in [2.05, 4.69) is 4.98 Å². The molecule has 1 aromatic heterocycles. The number of halogens is 3. The van der Waals surface area contributed by atoms with Crippen LogP contribution in [0.2, 0.25) is 0 Å². The maximum Gasteiger partial charge on any atom is 0.405 e. The molecule has 106 valence electrons. The zero-order chi connectivity index (χ0) is 14.6. The molecule has 1 amide bonds. The van der Waals surface area contributed by atoms with Crippen molar-refractivity contribution >= 4 is 17.2 Å². The second-order valence-electron chi connectivity index (χ2n) is 4.08. The van der Waals surface area contributed by atoms with Crippen LogP contribution in [0.25, 0.3) is 10.6 Å². The van der Waals surface area contributed by atoms with Crippen molar-refractivity contribution in [2.75, 3.05) is 6.54 Å². The Kier molecular flexibility index (Phi) is 4.39. The molecule has 2 aromatic rings. The third kappa shape index (κ3) is 4.34. The summed E-state index contributed by atoms with van der Waals surface area (Å²) in [4.78, 5) is 15.6. The number of nitrogens with zero attached hydrogens (tertiary/aromatic N) is 1.